The van der Waals surface area contributed by atoms with Gasteiger partial charge >= 0.3 is 6.09 Å². The van der Waals surface area contributed by atoms with Crippen LogP contribution in [-0.4, -0.2) is 17.7 Å². The van der Waals surface area contributed by atoms with Crippen LogP contribution in [0.3, 0.4) is 0 Å². The molecule has 2 aromatic carbocycles. The van der Waals surface area contributed by atoms with Gasteiger partial charge < -0.3 is 15.2 Å². The number of carbonyl (C=O) groups is 1. The van der Waals surface area contributed by atoms with E-state index in [0.717, 1.165) is 5.56 Å². The van der Waals surface area contributed by atoms with E-state index in [4.69, 9.17) is 4.74 Å². The average Bonchev–Trinajstić information content (AvgIpc) is 2.53. The van der Waals surface area contributed by atoms with Crippen molar-refractivity contribution in [3.05, 3.63) is 71.6 Å². The first-order valence-corrected chi connectivity index (χ1v) is 6.75. The van der Waals surface area contributed by atoms with Crippen LogP contribution in [0.2, 0.25) is 0 Å². The molecule has 0 saturated carbocycles. The zero-order valence-corrected chi connectivity index (χ0v) is 11.8. The summed E-state index contributed by atoms with van der Waals surface area (Å²) in [5.74, 6) is -0.675. The summed E-state index contributed by atoms with van der Waals surface area (Å²) < 4.78 is 18.4. The molecule has 0 unspecified atom stereocenters. The minimum Gasteiger partial charge on any atom is -0.507 e. The molecule has 0 aliphatic heterocycles. The predicted molar refractivity (Wildman–Crippen MR) is 81.7 cm³/mol. The molecule has 114 valence electrons. The maximum atomic E-state index is 13.4. The Morgan fingerprint density at radius 3 is 2.68 bits per heavy atom. The van der Waals surface area contributed by atoms with Gasteiger partial charge in [-0.15, -0.1) is 0 Å². The molecule has 22 heavy (non-hydrogen) atoms. The van der Waals surface area contributed by atoms with Gasteiger partial charge in [0, 0.05) is 6.54 Å². The van der Waals surface area contributed by atoms with Gasteiger partial charge in [-0.3, -0.25) is 0 Å². The number of phenolic OH excluding ortho intramolecular Hbond substituents is 1. The molecule has 0 aliphatic carbocycles. The van der Waals surface area contributed by atoms with E-state index in [1.807, 2.05) is 30.3 Å². The zero-order valence-electron chi connectivity index (χ0n) is 11.8. The first-order valence-electron chi connectivity index (χ1n) is 6.75. The van der Waals surface area contributed by atoms with E-state index >= 15 is 0 Å². The smallest absolute Gasteiger partial charge is 0.407 e. The predicted octanol–water partition coefficient (Wildman–Crippen LogP) is 3.47. The van der Waals surface area contributed by atoms with Crippen LogP contribution in [0.4, 0.5) is 9.18 Å². The largest absolute Gasteiger partial charge is 0.507 e. The summed E-state index contributed by atoms with van der Waals surface area (Å²) in [6, 6.07) is 13.4. The number of nitrogens with one attached hydrogen (secondary N) is 1. The van der Waals surface area contributed by atoms with Gasteiger partial charge in [-0.05, 0) is 17.7 Å². The topological polar surface area (TPSA) is 58.6 Å². The lowest BCUT2D eigenvalue weighted by Gasteiger charge is -2.05. The number of ether oxygens (including phenoxy) is 1. The van der Waals surface area contributed by atoms with Crippen LogP contribution in [0.5, 0.6) is 5.75 Å². The van der Waals surface area contributed by atoms with Gasteiger partial charge in [0.15, 0.2) is 0 Å². The summed E-state index contributed by atoms with van der Waals surface area (Å²) >= 11 is 0. The van der Waals surface area contributed by atoms with E-state index in [2.05, 4.69) is 5.32 Å². The first-order chi connectivity index (χ1) is 10.7. The van der Waals surface area contributed by atoms with Crippen LogP contribution in [0.25, 0.3) is 6.08 Å². The van der Waals surface area contributed by atoms with Gasteiger partial charge in [0.05, 0.1) is 5.56 Å². The summed E-state index contributed by atoms with van der Waals surface area (Å²) in [5.41, 5.74) is 0.978. The molecule has 1 amide bonds. The lowest BCUT2D eigenvalue weighted by Crippen LogP contribution is -2.24. The van der Waals surface area contributed by atoms with Crippen molar-refractivity contribution in [1.82, 2.24) is 5.32 Å². The molecular weight excluding hydrogens is 285 g/mol. The molecule has 0 heterocycles. The van der Waals surface area contributed by atoms with E-state index in [1.165, 1.54) is 30.4 Å². The van der Waals surface area contributed by atoms with Crippen LogP contribution >= 0.6 is 0 Å². The average molecular weight is 301 g/mol. The number of halogens is 1. The van der Waals surface area contributed by atoms with Gasteiger partial charge in [0.2, 0.25) is 0 Å². The summed E-state index contributed by atoms with van der Waals surface area (Å²) in [6.45, 7) is 0.353. The van der Waals surface area contributed by atoms with Crippen molar-refractivity contribution in [1.29, 1.82) is 0 Å². The van der Waals surface area contributed by atoms with Gasteiger partial charge in [0.1, 0.15) is 18.2 Å². The van der Waals surface area contributed by atoms with Crippen molar-refractivity contribution in [3.8, 4) is 5.75 Å². The van der Waals surface area contributed by atoms with Crippen molar-refractivity contribution >= 4 is 12.2 Å². The fraction of sp³-hybridized carbons (Fsp3) is 0.118. The summed E-state index contributed by atoms with van der Waals surface area (Å²) in [4.78, 5) is 11.5. The molecule has 0 fully saturated rings. The summed E-state index contributed by atoms with van der Waals surface area (Å²) in [6.07, 6.45) is 2.37. The molecule has 2 aromatic rings. The highest BCUT2D eigenvalue weighted by atomic mass is 19.1. The van der Waals surface area contributed by atoms with E-state index in [-0.39, 0.29) is 24.5 Å². The maximum absolute atomic E-state index is 13.4. The van der Waals surface area contributed by atoms with Crippen molar-refractivity contribution < 1.29 is 19.0 Å². The Morgan fingerprint density at radius 1 is 1.18 bits per heavy atom. The number of rotatable bonds is 5. The third kappa shape index (κ3) is 4.63. The molecule has 0 atom stereocenters. The third-order valence-electron chi connectivity index (χ3n) is 2.89. The molecule has 0 bridgehead atoms. The lowest BCUT2D eigenvalue weighted by molar-refractivity contribution is 0.141. The monoisotopic (exact) mass is 301 g/mol. The van der Waals surface area contributed by atoms with E-state index in [9.17, 15) is 14.3 Å². The van der Waals surface area contributed by atoms with Crippen LogP contribution in [-0.2, 0) is 11.3 Å². The Hall–Kier alpha value is -2.82. The normalized spacial score (nSPS) is 10.6. The second-order valence-corrected chi connectivity index (χ2v) is 4.52. The molecule has 2 N–H and O–H groups in total. The Morgan fingerprint density at radius 2 is 1.95 bits per heavy atom. The zero-order chi connectivity index (χ0) is 15.8. The number of alkyl carbamates (subject to hydrolysis) is 1. The number of amides is 1. The van der Waals surface area contributed by atoms with Crippen LogP contribution in [0.1, 0.15) is 11.1 Å². The number of aromatic hydroxyl groups is 1. The maximum Gasteiger partial charge on any atom is 0.407 e. The van der Waals surface area contributed by atoms with Crippen molar-refractivity contribution in [2.24, 2.45) is 0 Å². The SMILES string of the molecule is O=C(NCC=Cc1c(O)cccc1F)OCc1ccccc1. The Labute approximate surface area is 127 Å². The fourth-order valence-electron chi connectivity index (χ4n) is 1.78. The highest BCUT2D eigenvalue weighted by Gasteiger charge is 2.03. The summed E-state index contributed by atoms with van der Waals surface area (Å²) in [5, 5.41) is 12.0. The molecule has 0 aromatic heterocycles. The minimum absolute atomic E-state index is 0.0851. The molecule has 2 rings (SSSR count). The van der Waals surface area contributed by atoms with Gasteiger partial charge in [-0.1, -0.05) is 48.6 Å². The van der Waals surface area contributed by atoms with Crippen molar-refractivity contribution in [2.45, 2.75) is 6.61 Å². The van der Waals surface area contributed by atoms with Crippen molar-refractivity contribution in [2.75, 3.05) is 6.54 Å². The number of benzene rings is 2. The molecule has 0 aliphatic rings. The molecule has 0 spiro atoms. The molecular formula is C17H16FNO3. The van der Waals surface area contributed by atoms with Gasteiger partial charge in [-0.2, -0.15) is 0 Å². The van der Waals surface area contributed by atoms with Crippen molar-refractivity contribution in [3.63, 3.8) is 0 Å². The summed E-state index contributed by atoms with van der Waals surface area (Å²) in [7, 11) is 0. The molecule has 4 nitrogen and oxygen atoms in total. The lowest BCUT2D eigenvalue weighted by atomic mass is 10.2. The Kier molecular flexibility index (Phi) is 5.54. The molecule has 5 heteroatoms. The van der Waals surface area contributed by atoms with Crippen LogP contribution in [0, 0.1) is 5.82 Å². The van der Waals surface area contributed by atoms with Crippen LogP contribution < -0.4 is 5.32 Å². The Balaban J connectivity index is 1.76. The first kappa shape index (κ1) is 15.6. The molecule has 0 saturated heterocycles. The highest BCUT2D eigenvalue weighted by molar-refractivity contribution is 5.67. The third-order valence-corrected chi connectivity index (χ3v) is 2.89. The quantitative estimate of drug-likeness (QED) is 0.889. The van der Waals surface area contributed by atoms with Gasteiger partial charge in [0.25, 0.3) is 0 Å². The van der Waals surface area contributed by atoms with Crippen LogP contribution in [0.15, 0.2) is 54.6 Å². The van der Waals surface area contributed by atoms with Gasteiger partial charge in [-0.25, -0.2) is 9.18 Å². The fourth-order valence-corrected chi connectivity index (χ4v) is 1.78. The van der Waals surface area contributed by atoms with E-state index in [1.54, 1.807) is 0 Å². The second-order valence-electron chi connectivity index (χ2n) is 4.52. The number of carbonyl (C=O) groups excluding carboxylic acids is 1. The highest BCUT2D eigenvalue weighted by Crippen LogP contribution is 2.20. The standard InChI is InChI=1S/C17H16FNO3/c18-15-9-4-10-16(20)14(15)8-5-11-19-17(21)22-12-13-6-2-1-3-7-13/h1-10,20H,11-12H2,(H,19,21). The molecule has 0 radical (unpaired) electrons. The second kappa shape index (κ2) is 7.83. The van der Waals surface area contributed by atoms with E-state index < -0.39 is 11.9 Å². The Bertz CT molecular complexity index is 636. The number of hydrogen-bond donors (Lipinski definition) is 2. The number of phenols is 1. The number of hydrogen-bond acceptors (Lipinski definition) is 3. The minimum atomic E-state index is -0.564. The van der Waals surface area contributed by atoms with E-state index in [0.29, 0.717) is 0 Å².